The van der Waals surface area contributed by atoms with Gasteiger partial charge in [-0.1, -0.05) is 30.3 Å². The zero-order valence-corrected chi connectivity index (χ0v) is 13.5. The van der Waals surface area contributed by atoms with Crippen molar-refractivity contribution in [2.24, 2.45) is 0 Å². The van der Waals surface area contributed by atoms with E-state index >= 15 is 0 Å². The Balaban J connectivity index is 1.54. The first-order valence-corrected chi connectivity index (χ1v) is 8.17. The van der Waals surface area contributed by atoms with Gasteiger partial charge in [-0.05, 0) is 31.4 Å². The quantitative estimate of drug-likeness (QED) is 0.852. The van der Waals surface area contributed by atoms with Crippen molar-refractivity contribution in [3.63, 3.8) is 0 Å². The third kappa shape index (κ3) is 3.99. The average Bonchev–Trinajstić information content (AvgIpc) is 3.15. The molecule has 0 spiro atoms. The topological polar surface area (TPSA) is 47.4 Å². The Morgan fingerprint density at radius 1 is 1.35 bits per heavy atom. The number of piperidine rings is 1. The monoisotopic (exact) mass is 313 g/mol. The maximum atomic E-state index is 12.6. The lowest BCUT2D eigenvalue weighted by Crippen LogP contribution is -2.45. The first-order chi connectivity index (χ1) is 11.2. The third-order valence-electron chi connectivity index (χ3n) is 4.30. The molecule has 5 heteroatoms. The van der Waals surface area contributed by atoms with Crippen LogP contribution in [0.3, 0.4) is 0 Å². The summed E-state index contributed by atoms with van der Waals surface area (Å²) in [6.07, 6.45) is 5.39. The van der Waals surface area contributed by atoms with Gasteiger partial charge in [0, 0.05) is 25.5 Å². The first-order valence-electron chi connectivity index (χ1n) is 8.17. The minimum atomic E-state index is -0.424. The van der Waals surface area contributed by atoms with E-state index in [4.69, 9.17) is 4.74 Å². The summed E-state index contributed by atoms with van der Waals surface area (Å²) >= 11 is 0. The second-order valence-electron chi connectivity index (χ2n) is 6.01. The SMILES string of the molecule is CC(OCc1ccccc1)C(=O)N1CCCC(n2cccn2)C1. The molecule has 5 nitrogen and oxygen atoms in total. The van der Waals surface area contributed by atoms with Gasteiger partial charge < -0.3 is 9.64 Å². The maximum Gasteiger partial charge on any atom is 0.251 e. The van der Waals surface area contributed by atoms with Crippen LogP contribution in [0.2, 0.25) is 0 Å². The number of rotatable bonds is 5. The Kier molecular flexibility index (Phi) is 5.08. The van der Waals surface area contributed by atoms with Crippen LogP contribution in [0, 0.1) is 0 Å². The summed E-state index contributed by atoms with van der Waals surface area (Å²) in [6.45, 7) is 3.81. The molecular formula is C18H23N3O2. The highest BCUT2D eigenvalue weighted by molar-refractivity contribution is 5.80. The standard InChI is InChI=1S/C18H23N3O2/c1-15(23-14-16-7-3-2-4-8-16)18(22)20-11-5-9-17(13-20)21-12-6-10-19-21/h2-4,6-8,10,12,15,17H,5,9,11,13-14H2,1H3. The van der Waals surface area contributed by atoms with Crippen molar-refractivity contribution in [1.29, 1.82) is 0 Å². The lowest BCUT2D eigenvalue weighted by molar-refractivity contribution is -0.145. The molecule has 1 aromatic heterocycles. The molecule has 1 aliphatic heterocycles. The number of carbonyl (C=O) groups excluding carboxylic acids is 1. The molecule has 2 heterocycles. The number of hydrogen-bond donors (Lipinski definition) is 0. The molecule has 2 aromatic rings. The van der Waals surface area contributed by atoms with E-state index in [1.54, 1.807) is 6.20 Å². The highest BCUT2D eigenvalue weighted by Crippen LogP contribution is 2.21. The van der Waals surface area contributed by atoms with Crippen LogP contribution in [-0.2, 0) is 16.1 Å². The summed E-state index contributed by atoms with van der Waals surface area (Å²) in [7, 11) is 0. The average molecular weight is 313 g/mol. The van der Waals surface area contributed by atoms with Gasteiger partial charge in [0.25, 0.3) is 5.91 Å². The minimum absolute atomic E-state index is 0.0674. The van der Waals surface area contributed by atoms with Crippen molar-refractivity contribution in [2.45, 2.75) is 38.5 Å². The molecule has 23 heavy (non-hydrogen) atoms. The van der Waals surface area contributed by atoms with Crippen LogP contribution in [-0.4, -0.2) is 39.8 Å². The molecule has 2 atom stereocenters. The van der Waals surface area contributed by atoms with Crippen molar-refractivity contribution >= 4 is 5.91 Å². The predicted molar refractivity (Wildman–Crippen MR) is 87.8 cm³/mol. The largest absolute Gasteiger partial charge is 0.364 e. The minimum Gasteiger partial charge on any atom is -0.364 e. The van der Waals surface area contributed by atoms with Crippen molar-refractivity contribution in [2.75, 3.05) is 13.1 Å². The second kappa shape index (κ2) is 7.42. The lowest BCUT2D eigenvalue weighted by Gasteiger charge is -2.34. The van der Waals surface area contributed by atoms with E-state index in [1.807, 2.05) is 59.1 Å². The van der Waals surface area contributed by atoms with Crippen molar-refractivity contribution in [3.05, 3.63) is 54.4 Å². The zero-order valence-electron chi connectivity index (χ0n) is 13.5. The Bertz CT molecular complexity index is 612. The molecule has 3 rings (SSSR count). The van der Waals surface area contributed by atoms with Gasteiger partial charge in [0.2, 0.25) is 0 Å². The first kappa shape index (κ1) is 15.7. The predicted octanol–water partition coefficient (Wildman–Crippen LogP) is 2.65. The third-order valence-corrected chi connectivity index (χ3v) is 4.30. The fourth-order valence-corrected chi connectivity index (χ4v) is 2.99. The van der Waals surface area contributed by atoms with Gasteiger partial charge in [0.1, 0.15) is 6.10 Å². The second-order valence-corrected chi connectivity index (χ2v) is 6.01. The van der Waals surface area contributed by atoms with Gasteiger partial charge in [-0.2, -0.15) is 5.10 Å². The molecule has 0 radical (unpaired) electrons. The van der Waals surface area contributed by atoms with Crippen LogP contribution in [0.15, 0.2) is 48.8 Å². The van der Waals surface area contributed by atoms with E-state index in [2.05, 4.69) is 5.10 Å². The number of benzene rings is 1. The van der Waals surface area contributed by atoms with E-state index in [9.17, 15) is 4.79 Å². The van der Waals surface area contributed by atoms with Crippen molar-refractivity contribution in [3.8, 4) is 0 Å². The van der Waals surface area contributed by atoms with Gasteiger partial charge in [-0.3, -0.25) is 9.48 Å². The molecule has 0 saturated carbocycles. The van der Waals surface area contributed by atoms with Crippen LogP contribution in [0.1, 0.15) is 31.4 Å². The Morgan fingerprint density at radius 2 is 2.17 bits per heavy atom. The van der Waals surface area contributed by atoms with Crippen LogP contribution in [0.25, 0.3) is 0 Å². The molecule has 1 amide bonds. The van der Waals surface area contributed by atoms with Gasteiger partial charge >= 0.3 is 0 Å². The fourth-order valence-electron chi connectivity index (χ4n) is 2.99. The Hall–Kier alpha value is -2.14. The Morgan fingerprint density at radius 3 is 2.91 bits per heavy atom. The summed E-state index contributed by atoms with van der Waals surface area (Å²) < 4.78 is 7.71. The highest BCUT2D eigenvalue weighted by atomic mass is 16.5. The molecular weight excluding hydrogens is 290 g/mol. The summed E-state index contributed by atoms with van der Waals surface area (Å²) in [5.74, 6) is 0.0674. The molecule has 1 saturated heterocycles. The summed E-state index contributed by atoms with van der Waals surface area (Å²) in [4.78, 5) is 14.5. The van der Waals surface area contributed by atoms with Gasteiger partial charge in [0.05, 0.1) is 12.6 Å². The van der Waals surface area contributed by atoms with E-state index in [0.717, 1.165) is 24.9 Å². The number of ether oxygens (including phenoxy) is 1. The molecule has 0 aliphatic carbocycles. The number of amides is 1. The summed E-state index contributed by atoms with van der Waals surface area (Å²) in [6, 6.07) is 12.1. The summed E-state index contributed by atoms with van der Waals surface area (Å²) in [5, 5.41) is 4.30. The molecule has 122 valence electrons. The van der Waals surface area contributed by atoms with Crippen molar-refractivity contribution < 1.29 is 9.53 Å². The van der Waals surface area contributed by atoms with Crippen LogP contribution >= 0.6 is 0 Å². The Labute approximate surface area is 136 Å². The van der Waals surface area contributed by atoms with Crippen LogP contribution < -0.4 is 0 Å². The molecule has 0 N–H and O–H groups in total. The summed E-state index contributed by atoms with van der Waals surface area (Å²) in [5.41, 5.74) is 1.08. The van der Waals surface area contributed by atoms with E-state index in [1.165, 1.54) is 0 Å². The van der Waals surface area contributed by atoms with Crippen LogP contribution in [0.5, 0.6) is 0 Å². The normalized spacial score (nSPS) is 19.5. The molecule has 1 aromatic carbocycles. The molecule has 1 aliphatic rings. The van der Waals surface area contributed by atoms with E-state index in [0.29, 0.717) is 13.2 Å². The number of nitrogens with zero attached hydrogens (tertiary/aromatic N) is 3. The van der Waals surface area contributed by atoms with Crippen molar-refractivity contribution in [1.82, 2.24) is 14.7 Å². The van der Waals surface area contributed by atoms with Gasteiger partial charge in [-0.25, -0.2) is 0 Å². The van der Waals surface area contributed by atoms with E-state index in [-0.39, 0.29) is 11.9 Å². The molecule has 1 fully saturated rings. The van der Waals surface area contributed by atoms with Gasteiger partial charge in [0.15, 0.2) is 0 Å². The lowest BCUT2D eigenvalue weighted by atomic mass is 10.1. The maximum absolute atomic E-state index is 12.6. The highest BCUT2D eigenvalue weighted by Gasteiger charge is 2.28. The number of hydrogen-bond acceptors (Lipinski definition) is 3. The van der Waals surface area contributed by atoms with E-state index < -0.39 is 6.10 Å². The zero-order chi connectivity index (χ0) is 16.1. The molecule has 2 unspecified atom stereocenters. The number of aromatic nitrogens is 2. The smallest absolute Gasteiger partial charge is 0.251 e. The fraction of sp³-hybridized carbons (Fsp3) is 0.444. The number of carbonyl (C=O) groups is 1. The van der Waals surface area contributed by atoms with Crippen LogP contribution in [0.4, 0.5) is 0 Å². The number of likely N-dealkylation sites (tertiary alicyclic amines) is 1. The van der Waals surface area contributed by atoms with Gasteiger partial charge in [-0.15, -0.1) is 0 Å². The molecule has 0 bridgehead atoms.